The highest BCUT2D eigenvalue weighted by Gasteiger charge is 2.28. The number of carbonyl (C=O) groups excluding carboxylic acids is 1. The third kappa shape index (κ3) is 3.29. The monoisotopic (exact) mass is 339 g/mol. The molecule has 1 aromatic heterocycles. The first-order valence-corrected chi connectivity index (χ1v) is 9.75. The van der Waals surface area contributed by atoms with E-state index in [1.165, 1.54) is 21.9 Å². The first-order valence-electron chi connectivity index (χ1n) is 7.03. The van der Waals surface area contributed by atoms with Crippen LogP contribution in [0.4, 0.5) is 5.69 Å². The topological polar surface area (TPSA) is 79.4 Å². The molecule has 1 aliphatic heterocycles. The van der Waals surface area contributed by atoms with Crippen molar-refractivity contribution in [2.24, 2.45) is 5.92 Å². The summed E-state index contributed by atoms with van der Waals surface area (Å²) in [7, 11) is -3.16. The summed E-state index contributed by atoms with van der Waals surface area (Å²) < 4.78 is 25.4. The second-order valence-corrected chi connectivity index (χ2v) is 8.33. The maximum atomic E-state index is 12.3. The lowest BCUT2D eigenvalue weighted by molar-refractivity contribution is -0.120. The van der Waals surface area contributed by atoms with Crippen LogP contribution in [0.3, 0.4) is 0 Å². The average molecular weight is 339 g/mol. The molecule has 1 fully saturated rings. The molecule has 3 rings (SSSR count). The van der Waals surface area contributed by atoms with E-state index in [-0.39, 0.29) is 11.8 Å². The van der Waals surface area contributed by atoms with Crippen LogP contribution in [-0.2, 0) is 14.8 Å². The van der Waals surface area contributed by atoms with E-state index in [2.05, 4.69) is 10.3 Å². The summed E-state index contributed by atoms with van der Waals surface area (Å²) in [5.41, 5.74) is 3.45. The zero-order chi connectivity index (χ0) is 15.7. The summed E-state index contributed by atoms with van der Waals surface area (Å²) in [6.07, 6.45) is 2.32. The number of thiazole rings is 1. The van der Waals surface area contributed by atoms with Gasteiger partial charge in [-0.1, -0.05) is 0 Å². The Morgan fingerprint density at radius 3 is 2.77 bits per heavy atom. The molecule has 118 valence electrons. The van der Waals surface area contributed by atoms with Gasteiger partial charge >= 0.3 is 0 Å². The zero-order valence-corrected chi connectivity index (χ0v) is 13.8. The van der Waals surface area contributed by atoms with Gasteiger partial charge in [0, 0.05) is 24.7 Å². The van der Waals surface area contributed by atoms with Gasteiger partial charge in [-0.25, -0.2) is 17.7 Å². The molecule has 1 saturated heterocycles. The molecule has 2 aromatic rings. The molecule has 8 heteroatoms. The molecular weight excluding hydrogens is 322 g/mol. The van der Waals surface area contributed by atoms with Crippen LogP contribution in [0.5, 0.6) is 0 Å². The van der Waals surface area contributed by atoms with Crippen LogP contribution in [0.2, 0.25) is 0 Å². The van der Waals surface area contributed by atoms with Crippen LogP contribution >= 0.6 is 11.3 Å². The van der Waals surface area contributed by atoms with E-state index in [0.29, 0.717) is 25.9 Å². The molecule has 0 radical (unpaired) electrons. The predicted molar refractivity (Wildman–Crippen MR) is 87.4 cm³/mol. The Labute approximate surface area is 133 Å². The number of carbonyl (C=O) groups is 1. The minimum atomic E-state index is -3.16. The highest BCUT2D eigenvalue weighted by Crippen LogP contribution is 2.24. The number of nitrogens with zero attached hydrogens (tertiary/aromatic N) is 2. The first-order chi connectivity index (χ1) is 10.4. The van der Waals surface area contributed by atoms with Gasteiger partial charge in [0.2, 0.25) is 15.9 Å². The third-order valence-electron chi connectivity index (χ3n) is 3.89. The molecular formula is C14H17N3O3S2. The van der Waals surface area contributed by atoms with Gasteiger partial charge in [0.1, 0.15) is 0 Å². The molecule has 1 N–H and O–H groups in total. The Morgan fingerprint density at radius 1 is 1.36 bits per heavy atom. The Morgan fingerprint density at radius 2 is 2.09 bits per heavy atom. The second-order valence-electron chi connectivity index (χ2n) is 5.46. The summed E-state index contributed by atoms with van der Waals surface area (Å²) in [4.78, 5) is 16.5. The molecule has 1 amide bonds. The molecule has 2 heterocycles. The lowest BCUT2D eigenvalue weighted by atomic mass is 9.97. The molecule has 0 unspecified atom stereocenters. The van der Waals surface area contributed by atoms with Crippen LogP contribution in [0.1, 0.15) is 12.8 Å². The molecule has 0 saturated carbocycles. The quantitative estimate of drug-likeness (QED) is 0.926. The number of fused-ring (bicyclic) bond motifs is 1. The Bertz CT molecular complexity index is 793. The minimum Gasteiger partial charge on any atom is -0.326 e. The Hall–Kier alpha value is -1.51. The van der Waals surface area contributed by atoms with Crippen LogP contribution in [-0.4, -0.2) is 43.0 Å². The summed E-state index contributed by atoms with van der Waals surface area (Å²) in [6.45, 7) is 0.815. The molecule has 0 atom stereocenters. The molecule has 1 aromatic carbocycles. The van der Waals surface area contributed by atoms with Crippen LogP contribution in [0.25, 0.3) is 10.2 Å². The van der Waals surface area contributed by atoms with Crippen molar-refractivity contribution in [2.45, 2.75) is 12.8 Å². The fourth-order valence-corrected chi connectivity index (χ4v) is 4.22. The number of anilines is 1. The summed E-state index contributed by atoms with van der Waals surface area (Å²) >= 11 is 1.53. The molecule has 6 nitrogen and oxygen atoms in total. The Balaban J connectivity index is 1.63. The fraction of sp³-hybridized carbons (Fsp3) is 0.429. The number of benzene rings is 1. The Kier molecular flexibility index (Phi) is 4.16. The summed E-state index contributed by atoms with van der Waals surface area (Å²) in [6, 6.07) is 5.63. The van der Waals surface area contributed by atoms with Crippen molar-refractivity contribution in [3.8, 4) is 0 Å². The fourth-order valence-electron chi connectivity index (χ4n) is 2.63. The largest absolute Gasteiger partial charge is 0.326 e. The van der Waals surface area contributed by atoms with Crippen molar-refractivity contribution < 1.29 is 13.2 Å². The van der Waals surface area contributed by atoms with Crippen molar-refractivity contribution in [2.75, 3.05) is 24.7 Å². The van der Waals surface area contributed by atoms with Gasteiger partial charge in [-0.15, -0.1) is 11.3 Å². The van der Waals surface area contributed by atoms with Crippen LogP contribution < -0.4 is 5.32 Å². The molecule has 0 bridgehead atoms. The van der Waals surface area contributed by atoms with Gasteiger partial charge in [-0.3, -0.25) is 4.79 Å². The van der Waals surface area contributed by atoms with E-state index in [4.69, 9.17) is 0 Å². The molecule has 0 spiro atoms. The van der Waals surface area contributed by atoms with E-state index in [1.807, 2.05) is 18.2 Å². The van der Waals surface area contributed by atoms with Crippen molar-refractivity contribution in [3.63, 3.8) is 0 Å². The second kappa shape index (κ2) is 5.94. The van der Waals surface area contributed by atoms with E-state index in [0.717, 1.165) is 15.9 Å². The highest BCUT2D eigenvalue weighted by atomic mass is 32.2. The van der Waals surface area contributed by atoms with Gasteiger partial charge < -0.3 is 5.32 Å². The smallest absolute Gasteiger partial charge is 0.227 e. The maximum absolute atomic E-state index is 12.3. The zero-order valence-electron chi connectivity index (χ0n) is 12.2. The molecule has 1 aliphatic rings. The van der Waals surface area contributed by atoms with E-state index >= 15 is 0 Å². The number of amides is 1. The summed E-state index contributed by atoms with van der Waals surface area (Å²) in [5, 5.41) is 2.92. The molecule has 22 heavy (non-hydrogen) atoms. The van der Waals surface area contributed by atoms with Gasteiger partial charge in [0.15, 0.2) is 0 Å². The number of aromatic nitrogens is 1. The van der Waals surface area contributed by atoms with E-state index < -0.39 is 10.0 Å². The van der Waals surface area contributed by atoms with Crippen LogP contribution in [0.15, 0.2) is 23.7 Å². The van der Waals surface area contributed by atoms with Gasteiger partial charge in [-0.05, 0) is 31.0 Å². The van der Waals surface area contributed by atoms with Crippen molar-refractivity contribution in [3.05, 3.63) is 23.7 Å². The normalized spacial score (nSPS) is 17.7. The number of hydrogen-bond donors (Lipinski definition) is 1. The number of rotatable bonds is 3. The van der Waals surface area contributed by atoms with Crippen molar-refractivity contribution >= 4 is 43.2 Å². The number of hydrogen-bond acceptors (Lipinski definition) is 5. The minimum absolute atomic E-state index is 0.0444. The maximum Gasteiger partial charge on any atom is 0.227 e. The van der Waals surface area contributed by atoms with Crippen LogP contribution in [0, 0.1) is 5.92 Å². The highest BCUT2D eigenvalue weighted by molar-refractivity contribution is 7.88. The first kappa shape index (κ1) is 15.4. The van der Waals surface area contributed by atoms with E-state index in [9.17, 15) is 13.2 Å². The predicted octanol–water partition coefficient (Wildman–Crippen LogP) is 1.91. The van der Waals surface area contributed by atoms with Gasteiger partial charge in [0.05, 0.1) is 22.0 Å². The lowest BCUT2D eigenvalue weighted by Crippen LogP contribution is -2.40. The van der Waals surface area contributed by atoms with Crippen molar-refractivity contribution in [1.29, 1.82) is 0 Å². The SMILES string of the molecule is CS(=O)(=O)N1CCC(C(=O)Nc2ccc3ncsc3c2)CC1. The van der Waals surface area contributed by atoms with Gasteiger partial charge in [-0.2, -0.15) is 0 Å². The van der Waals surface area contributed by atoms with Crippen molar-refractivity contribution in [1.82, 2.24) is 9.29 Å². The number of sulfonamides is 1. The third-order valence-corrected chi connectivity index (χ3v) is 5.99. The number of piperidine rings is 1. The number of nitrogens with one attached hydrogen (secondary N) is 1. The van der Waals surface area contributed by atoms with E-state index in [1.54, 1.807) is 5.51 Å². The standard InChI is InChI=1S/C14H17N3O3S2/c1-22(19,20)17-6-4-10(5-7-17)14(18)16-11-2-3-12-13(8-11)21-9-15-12/h2-3,8-10H,4-7H2,1H3,(H,16,18). The molecule has 0 aliphatic carbocycles. The lowest BCUT2D eigenvalue weighted by Gasteiger charge is -2.29. The summed E-state index contributed by atoms with van der Waals surface area (Å²) in [5.74, 6) is -0.188. The van der Waals surface area contributed by atoms with Gasteiger partial charge in [0.25, 0.3) is 0 Å². The average Bonchev–Trinajstić information content (AvgIpc) is 2.94.